The Morgan fingerprint density at radius 1 is 0.538 bits per heavy atom. The summed E-state index contributed by atoms with van der Waals surface area (Å²) in [6.45, 7) is 13.0. The van der Waals surface area contributed by atoms with Gasteiger partial charge in [0.2, 0.25) is 0 Å². The summed E-state index contributed by atoms with van der Waals surface area (Å²) >= 11 is 0. The topological polar surface area (TPSA) is 20.2 Å². The number of benzene rings is 3. The minimum Gasteiger partial charge on any atom is -0.508 e. The second-order valence-electron chi connectivity index (χ2n) is 7.58. The molecule has 0 aliphatic rings. The normalized spacial score (nSPS) is 11.2. The van der Waals surface area contributed by atoms with Crippen LogP contribution >= 0.6 is 0 Å². The first-order valence-electron chi connectivity index (χ1n) is 9.23. The van der Waals surface area contributed by atoms with Crippen LogP contribution in [0.15, 0.2) is 48.5 Å². The van der Waals surface area contributed by atoms with Crippen molar-refractivity contribution in [3.63, 3.8) is 0 Å². The zero-order valence-corrected chi connectivity index (χ0v) is 16.6. The molecule has 0 atom stereocenters. The maximum Gasteiger partial charge on any atom is 0.119 e. The number of aryl methyl sites for hydroxylation is 6. The van der Waals surface area contributed by atoms with E-state index in [1.807, 2.05) is 18.2 Å². The molecule has 0 aromatic heterocycles. The Labute approximate surface area is 157 Å². The molecule has 3 aromatic rings. The van der Waals surface area contributed by atoms with E-state index in [0.717, 1.165) is 5.56 Å². The first-order valence-corrected chi connectivity index (χ1v) is 9.23. The largest absolute Gasteiger partial charge is 0.508 e. The number of aromatic hydroxyl groups is 1. The average Bonchev–Trinajstić information content (AvgIpc) is 2.58. The van der Waals surface area contributed by atoms with Crippen LogP contribution in [0.3, 0.4) is 0 Å². The van der Waals surface area contributed by atoms with Gasteiger partial charge in [0.05, 0.1) is 0 Å². The molecule has 0 amide bonds. The lowest BCUT2D eigenvalue weighted by atomic mass is 9.79. The first kappa shape index (κ1) is 18.3. The number of para-hydroxylation sites is 1. The van der Waals surface area contributed by atoms with Gasteiger partial charge in [-0.2, -0.15) is 0 Å². The zero-order chi connectivity index (χ0) is 19.0. The summed E-state index contributed by atoms with van der Waals surface area (Å²) < 4.78 is 0. The van der Waals surface area contributed by atoms with E-state index in [4.69, 9.17) is 0 Å². The minimum atomic E-state index is 0.0230. The summed E-state index contributed by atoms with van der Waals surface area (Å²) in [5, 5.41) is 10.6. The van der Waals surface area contributed by atoms with Crippen molar-refractivity contribution in [3.8, 4) is 5.75 Å². The summed E-state index contributed by atoms with van der Waals surface area (Å²) in [5.74, 6) is 0.377. The molecule has 0 bridgehead atoms. The average molecular weight is 344 g/mol. The van der Waals surface area contributed by atoms with Gasteiger partial charge in [0.1, 0.15) is 5.75 Å². The second kappa shape index (κ2) is 6.99. The molecule has 1 heteroatoms. The molecule has 0 unspecified atom stereocenters. The van der Waals surface area contributed by atoms with E-state index in [-0.39, 0.29) is 5.92 Å². The highest BCUT2D eigenvalue weighted by atomic mass is 16.3. The van der Waals surface area contributed by atoms with Crippen LogP contribution < -0.4 is 0 Å². The molecule has 0 saturated heterocycles. The predicted molar refractivity (Wildman–Crippen MR) is 110 cm³/mol. The first-order chi connectivity index (χ1) is 12.3. The summed E-state index contributed by atoms with van der Waals surface area (Å²) in [7, 11) is 0. The highest BCUT2D eigenvalue weighted by Gasteiger charge is 2.24. The van der Waals surface area contributed by atoms with E-state index in [1.165, 1.54) is 44.5 Å². The highest BCUT2D eigenvalue weighted by molar-refractivity contribution is 5.55. The van der Waals surface area contributed by atoms with Crippen LogP contribution in [0.25, 0.3) is 0 Å². The molecule has 0 heterocycles. The van der Waals surface area contributed by atoms with Gasteiger partial charge in [0.15, 0.2) is 0 Å². The van der Waals surface area contributed by atoms with Crippen molar-refractivity contribution in [2.24, 2.45) is 0 Å². The van der Waals surface area contributed by atoms with Gasteiger partial charge in [-0.1, -0.05) is 42.5 Å². The Morgan fingerprint density at radius 3 is 1.42 bits per heavy atom. The molecule has 26 heavy (non-hydrogen) atoms. The number of phenols is 1. The van der Waals surface area contributed by atoms with Crippen LogP contribution in [0.1, 0.15) is 56.0 Å². The fraction of sp³-hybridized carbons (Fsp3) is 0.280. The van der Waals surface area contributed by atoms with Gasteiger partial charge in [0.25, 0.3) is 0 Å². The molecule has 3 rings (SSSR count). The SMILES string of the molecule is Cc1cc(C)c(C(c2cc(C)c(C)cc2C)c2ccccc2O)cc1C. The van der Waals surface area contributed by atoms with Crippen LogP contribution in [0.4, 0.5) is 0 Å². The van der Waals surface area contributed by atoms with Crippen LogP contribution in [0.5, 0.6) is 5.75 Å². The molecule has 1 N–H and O–H groups in total. The van der Waals surface area contributed by atoms with E-state index >= 15 is 0 Å². The summed E-state index contributed by atoms with van der Waals surface area (Å²) in [5.41, 5.74) is 11.2. The van der Waals surface area contributed by atoms with Gasteiger partial charge >= 0.3 is 0 Å². The molecule has 134 valence electrons. The van der Waals surface area contributed by atoms with Gasteiger partial charge in [-0.15, -0.1) is 0 Å². The van der Waals surface area contributed by atoms with Crippen molar-refractivity contribution in [1.29, 1.82) is 0 Å². The van der Waals surface area contributed by atoms with E-state index in [0.29, 0.717) is 5.75 Å². The lowest BCUT2D eigenvalue weighted by Crippen LogP contribution is -2.09. The molecule has 3 aromatic carbocycles. The third kappa shape index (κ3) is 3.26. The van der Waals surface area contributed by atoms with E-state index in [9.17, 15) is 5.11 Å². The Bertz CT molecular complexity index is 909. The van der Waals surface area contributed by atoms with Crippen molar-refractivity contribution < 1.29 is 5.11 Å². The van der Waals surface area contributed by atoms with Crippen molar-refractivity contribution >= 4 is 0 Å². The Balaban J connectivity index is 2.34. The maximum atomic E-state index is 10.6. The van der Waals surface area contributed by atoms with Crippen LogP contribution in [0.2, 0.25) is 0 Å². The standard InChI is InChI=1S/C25H28O/c1-15-11-19(5)22(13-17(15)3)25(21-9-7-8-10-24(21)26)23-14-18(4)16(2)12-20(23)6/h7-14,25-26H,1-6H3. The van der Waals surface area contributed by atoms with Crippen molar-refractivity contribution in [3.05, 3.63) is 98.6 Å². The molecule has 0 aliphatic heterocycles. The fourth-order valence-corrected chi connectivity index (χ4v) is 3.82. The Morgan fingerprint density at radius 2 is 0.962 bits per heavy atom. The highest BCUT2D eigenvalue weighted by Crippen LogP contribution is 2.40. The summed E-state index contributed by atoms with van der Waals surface area (Å²) in [6, 6.07) is 16.8. The third-order valence-electron chi connectivity index (χ3n) is 5.63. The summed E-state index contributed by atoms with van der Waals surface area (Å²) in [4.78, 5) is 0. The number of phenolic OH excluding ortho intramolecular Hbond substituents is 1. The summed E-state index contributed by atoms with van der Waals surface area (Å²) in [6.07, 6.45) is 0. The fourth-order valence-electron chi connectivity index (χ4n) is 3.82. The smallest absolute Gasteiger partial charge is 0.119 e. The quantitative estimate of drug-likeness (QED) is 0.543. The van der Waals surface area contributed by atoms with Crippen molar-refractivity contribution in [1.82, 2.24) is 0 Å². The third-order valence-corrected chi connectivity index (χ3v) is 5.63. The number of hydrogen-bond acceptors (Lipinski definition) is 1. The van der Waals surface area contributed by atoms with Crippen LogP contribution in [-0.4, -0.2) is 5.11 Å². The van der Waals surface area contributed by atoms with E-state index in [1.54, 1.807) is 6.07 Å². The van der Waals surface area contributed by atoms with Gasteiger partial charge in [-0.25, -0.2) is 0 Å². The lowest BCUT2D eigenvalue weighted by molar-refractivity contribution is 0.467. The molecular weight excluding hydrogens is 316 g/mol. The van der Waals surface area contributed by atoms with E-state index in [2.05, 4.69) is 65.8 Å². The predicted octanol–water partition coefficient (Wildman–Crippen LogP) is 6.42. The van der Waals surface area contributed by atoms with Gasteiger partial charge in [-0.3, -0.25) is 0 Å². The molecule has 0 fully saturated rings. The van der Waals surface area contributed by atoms with Gasteiger partial charge in [0, 0.05) is 11.5 Å². The number of rotatable bonds is 3. The number of hydrogen-bond donors (Lipinski definition) is 1. The molecule has 0 spiro atoms. The van der Waals surface area contributed by atoms with Crippen LogP contribution in [-0.2, 0) is 0 Å². The molecule has 0 saturated carbocycles. The Hall–Kier alpha value is -2.54. The maximum absolute atomic E-state index is 10.6. The zero-order valence-electron chi connectivity index (χ0n) is 16.6. The van der Waals surface area contributed by atoms with Crippen LogP contribution in [0, 0.1) is 41.5 Å². The van der Waals surface area contributed by atoms with E-state index < -0.39 is 0 Å². The molecular formula is C25H28O. The minimum absolute atomic E-state index is 0.0230. The Kier molecular flexibility index (Phi) is 4.91. The van der Waals surface area contributed by atoms with Crippen molar-refractivity contribution in [2.45, 2.75) is 47.5 Å². The van der Waals surface area contributed by atoms with Gasteiger partial charge in [-0.05, 0) is 92.1 Å². The van der Waals surface area contributed by atoms with Gasteiger partial charge < -0.3 is 5.11 Å². The second-order valence-corrected chi connectivity index (χ2v) is 7.58. The lowest BCUT2D eigenvalue weighted by Gasteiger charge is -2.25. The van der Waals surface area contributed by atoms with Crippen molar-refractivity contribution in [2.75, 3.05) is 0 Å². The molecule has 1 nitrogen and oxygen atoms in total. The molecule has 0 radical (unpaired) electrons. The monoisotopic (exact) mass is 344 g/mol. The molecule has 0 aliphatic carbocycles.